The summed E-state index contributed by atoms with van der Waals surface area (Å²) in [5, 5.41) is 7.89. The number of nitrogens with zero attached hydrogens (tertiary/aromatic N) is 2. The molecule has 1 fully saturated rings. The molecule has 0 radical (unpaired) electrons. The first-order valence-corrected chi connectivity index (χ1v) is 6.88. The van der Waals surface area contributed by atoms with Crippen LogP contribution in [0.5, 0.6) is 0 Å². The van der Waals surface area contributed by atoms with Gasteiger partial charge in [0.25, 0.3) is 0 Å². The summed E-state index contributed by atoms with van der Waals surface area (Å²) >= 11 is 9.33. The van der Waals surface area contributed by atoms with Crippen LogP contribution in [0.15, 0.2) is 27.2 Å². The van der Waals surface area contributed by atoms with Gasteiger partial charge in [0.05, 0.1) is 5.02 Å². The topological polar surface area (TPSA) is 51.0 Å². The summed E-state index contributed by atoms with van der Waals surface area (Å²) < 4.78 is 6.09. The number of nitrogens with one attached hydrogen (secondary N) is 1. The van der Waals surface area contributed by atoms with Gasteiger partial charge in [0.1, 0.15) is 0 Å². The SMILES string of the molecule is Clc1ccc(-c2noc(CC3CNC3)n2)cc1Br. The molecule has 2 heterocycles. The monoisotopic (exact) mass is 327 g/mol. The molecule has 1 aliphatic heterocycles. The lowest BCUT2D eigenvalue weighted by Crippen LogP contribution is -2.43. The van der Waals surface area contributed by atoms with E-state index < -0.39 is 0 Å². The normalized spacial score (nSPS) is 15.7. The molecule has 0 unspecified atom stereocenters. The van der Waals surface area contributed by atoms with Crippen LogP contribution in [0.25, 0.3) is 11.4 Å². The Kier molecular flexibility index (Phi) is 3.37. The van der Waals surface area contributed by atoms with E-state index in [0.717, 1.165) is 29.5 Å². The second-order valence-electron chi connectivity index (χ2n) is 4.37. The maximum atomic E-state index is 5.95. The van der Waals surface area contributed by atoms with Crippen molar-refractivity contribution in [2.75, 3.05) is 13.1 Å². The fourth-order valence-corrected chi connectivity index (χ4v) is 2.33. The highest BCUT2D eigenvalue weighted by atomic mass is 79.9. The van der Waals surface area contributed by atoms with E-state index in [4.69, 9.17) is 16.1 Å². The van der Waals surface area contributed by atoms with Gasteiger partial charge in [-0.15, -0.1) is 0 Å². The van der Waals surface area contributed by atoms with Gasteiger partial charge >= 0.3 is 0 Å². The van der Waals surface area contributed by atoms with Gasteiger partial charge in [0.15, 0.2) is 0 Å². The van der Waals surface area contributed by atoms with E-state index in [0.29, 0.717) is 22.7 Å². The molecular weight excluding hydrogens is 318 g/mol. The molecular formula is C12H11BrClN3O. The Labute approximate surface area is 118 Å². The summed E-state index contributed by atoms with van der Waals surface area (Å²) in [4.78, 5) is 4.40. The fraction of sp³-hybridized carbons (Fsp3) is 0.333. The van der Waals surface area contributed by atoms with Crippen molar-refractivity contribution in [2.45, 2.75) is 6.42 Å². The molecule has 18 heavy (non-hydrogen) atoms. The molecule has 0 saturated carbocycles. The van der Waals surface area contributed by atoms with Gasteiger partial charge in [-0.1, -0.05) is 16.8 Å². The molecule has 6 heteroatoms. The third kappa shape index (κ3) is 2.43. The molecule has 4 nitrogen and oxygen atoms in total. The summed E-state index contributed by atoms with van der Waals surface area (Å²) in [5.41, 5.74) is 0.896. The highest BCUT2D eigenvalue weighted by molar-refractivity contribution is 9.10. The molecule has 0 bridgehead atoms. The maximum Gasteiger partial charge on any atom is 0.227 e. The number of hydrogen-bond donors (Lipinski definition) is 1. The first kappa shape index (κ1) is 12.1. The minimum atomic E-state index is 0.606. The van der Waals surface area contributed by atoms with Crippen molar-refractivity contribution in [3.63, 3.8) is 0 Å². The summed E-state index contributed by atoms with van der Waals surface area (Å²) in [6.45, 7) is 2.06. The number of rotatable bonds is 3. The molecule has 1 aliphatic rings. The van der Waals surface area contributed by atoms with Crippen molar-refractivity contribution in [1.29, 1.82) is 0 Å². The van der Waals surface area contributed by atoms with Gasteiger partial charge < -0.3 is 9.84 Å². The third-order valence-corrected chi connectivity index (χ3v) is 4.19. The molecule has 1 aromatic carbocycles. The molecule has 1 saturated heterocycles. The highest BCUT2D eigenvalue weighted by Crippen LogP contribution is 2.27. The molecule has 0 spiro atoms. The molecule has 1 aromatic heterocycles. The van der Waals surface area contributed by atoms with E-state index in [9.17, 15) is 0 Å². The van der Waals surface area contributed by atoms with Crippen molar-refractivity contribution in [2.24, 2.45) is 5.92 Å². The number of aromatic nitrogens is 2. The summed E-state index contributed by atoms with van der Waals surface area (Å²) in [6, 6.07) is 5.58. The average molecular weight is 329 g/mol. The Morgan fingerprint density at radius 3 is 2.94 bits per heavy atom. The van der Waals surface area contributed by atoms with E-state index in [1.807, 2.05) is 18.2 Å². The minimum absolute atomic E-state index is 0.606. The zero-order valence-corrected chi connectivity index (χ0v) is 11.8. The number of hydrogen-bond acceptors (Lipinski definition) is 4. The lowest BCUT2D eigenvalue weighted by atomic mass is 10.00. The highest BCUT2D eigenvalue weighted by Gasteiger charge is 2.20. The second-order valence-corrected chi connectivity index (χ2v) is 5.63. The van der Waals surface area contributed by atoms with Crippen LogP contribution in [-0.2, 0) is 6.42 Å². The number of halogens is 2. The van der Waals surface area contributed by atoms with Gasteiger partial charge in [-0.2, -0.15) is 4.98 Å². The van der Waals surface area contributed by atoms with Gasteiger partial charge in [-0.3, -0.25) is 0 Å². The summed E-state index contributed by atoms with van der Waals surface area (Å²) in [5.74, 6) is 1.92. The Morgan fingerprint density at radius 2 is 2.28 bits per heavy atom. The maximum absolute atomic E-state index is 5.95. The minimum Gasteiger partial charge on any atom is -0.339 e. The van der Waals surface area contributed by atoms with Crippen molar-refractivity contribution in [1.82, 2.24) is 15.5 Å². The molecule has 3 rings (SSSR count). The van der Waals surface area contributed by atoms with E-state index in [1.165, 1.54) is 0 Å². The van der Waals surface area contributed by atoms with Crippen molar-refractivity contribution < 1.29 is 4.52 Å². The van der Waals surface area contributed by atoms with Crippen LogP contribution in [0, 0.1) is 5.92 Å². The van der Waals surface area contributed by atoms with Crippen LogP contribution in [0.4, 0.5) is 0 Å². The predicted molar refractivity (Wildman–Crippen MR) is 72.5 cm³/mol. The van der Waals surface area contributed by atoms with Crippen LogP contribution in [0.2, 0.25) is 5.02 Å². The van der Waals surface area contributed by atoms with Crippen LogP contribution >= 0.6 is 27.5 Å². The summed E-state index contributed by atoms with van der Waals surface area (Å²) in [6.07, 6.45) is 0.842. The Hall–Kier alpha value is -0.910. The largest absolute Gasteiger partial charge is 0.339 e. The van der Waals surface area contributed by atoms with Gasteiger partial charge in [-0.25, -0.2) is 0 Å². The zero-order valence-electron chi connectivity index (χ0n) is 9.49. The fourth-order valence-electron chi connectivity index (χ4n) is 1.83. The molecule has 0 aliphatic carbocycles. The second kappa shape index (κ2) is 4.99. The molecule has 94 valence electrons. The molecule has 2 aromatic rings. The number of benzene rings is 1. The quantitative estimate of drug-likeness (QED) is 0.941. The Morgan fingerprint density at radius 1 is 1.44 bits per heavy atom. The average Bonchev–Trinajstić information content (AvgIpc) is 2.76. The van der Waals surface area contributed by atoms with E-state index in [2.05, 4.69) is 31.4 Å². The van der Waals surface area contributed by atoms with Crippen LogP contribution < -0.4 is 5.32 Å². The van der Waals surface area contributed by atoms with E-state index in [1.54, 1.807) is 0 Å². The lowest BCUT2D eigenvalue weighted by Gasteiger charge is -2.25. The van der Waals surface area contributed by atoms with Crippen molar-refractivity contribution in [3.8, 4) is 11.4 Å². The van der Waals surface area contributed by atoms with Crippen molar-refractivity contribution >= 4 is 27.5 Å². The smallest absolute Gasteiger partial charge is 0.227 e. The van der Waals surface area contributed by atoms with Crippen LogP contribution in [-0.4, -0.2) is 23.2 Å². The van der Waals surface area contributed by atoms with Crippen LogP contribution in [0.1, 0.15) is 5.89 Å². The first-order chi connectivity index (χ1) is 8.72. The van der Waals surface area contributed by atoms with Gasteiger partial charge in [0.2, 0.25) is 11.7 Å². The van der Waals surface area contributed by atoms with E-state index >= 15 is 0 Å². The molecule has 0 atom stereocenters. The third-order valence-electron chi connectivity index (χ3n) is 2.98. The van der Waals surface area contributed by atoms with Gasteiger partial charge in [0, 0.05) is 16.5 Å². The zero-order chi connectivity index (χ0) is 12.5. The lowest BCUT2D eigenvalue weighted by molar-refractivity contribution is 0.296. The van der Waals surface area contributed by atoms with Crippen molar-refractivity contribution in [3.05, 3.63) is 33.6 Å². The first-order valence-electron chi connectivity index (χ1n) is 5.71. The van der Waals surface area contributed by atoms with E-state index in [-0.39, 0.29) is 0 Å². The van der Waals surface area contributed by atoms with Crippen LogP contribution in [0.3, 0.4) is 0 Å². The molecule has 1 N–H and O–H groups in total. The predicted octanol–water partition coefficient (Wildman–Crippen LogP) is 2.91. The standard InChI is InChI=1S/C12H11BrClN3O/c13-9-4-8(1-2-10(9)14)12-16-11(18-17-12)3-7-5-15-6-7/h1-2,4,7,15H,3,5-6H2. The summed E-state index contributed by atoms with van der Waals surface area (Å²) in [7, 11) is 0. The van der Waals surface area contributed by atoms with Gasteiger partial charge in [-0.05, 0) is 53.1 Å². The Bertz CT molecular complexity index is 568. The molecule has 0 amide bonds. The Balaban J connectivity index is 1.80.